The largest absolute Gasteiger partial charge is 0.368 e. The van der Waals surface area contributed by atoms with E-state index in [1.54, 1.807) is 0 Å². The smallest absolute Gasteiger partial charge is 0.239 e. The SMILES string of the molecule is Cc1cccc(N2CCN(C(=O)[C@@H]3CCCN3)CC2)c1.Cl.Cl. The van der Waals surface area contributed by atoms with Crippen LogP contribution in [0.2, 0.25) is 0 Å². The second kappa shape index (κ2) is 8.61. The van der Waals surface area contributed by atoms with Crippen LogP contribution in [0.25, 0.3) is 0 Å². The molecule has 1 N–H and O–H groups in total. The van der Waals surface area contributed by atoms with Gasteiger partial charge in [0.25, 0.3) is 0 Å². The summed E-state index contributed by atoms with van der Waals surface area (Å²) in [6.45, 7) is 6.65. The number of rotatable bonds is 2. The lowest BCUT2D eigenvalue weighted by Crippen LogP contribution is -2.53. The van der Waals surface area contributed by atoms with Crippen LogP contribution in [0, 0.1) is 6.92 Å². The van der Waals surface area contributed by atoms with E-state index in [9.17, 15) is 4.79 Å². The van der Waals surface area contributed by atoms with Crippen molar-refractivity contribution in [1.82, 2.24) is 10.2 Å². The summed E-state index contributed by atoms with van der Waals surface area (Å²) in [7, 11) is 0. The van der Waals surface area contributed by atoms with Gasteiger partial charge in [-0.25, -0.2) is 0 Å². The van der Waals surface area contributed by atoms with Gasteiger partial charge in [0.05, 0.1) is 6.04 Å². The highest BCUT2D eigenvalue weighted by molar-refractivity contribution is 5.85. The third-order valence-electron chi connectivity index (χ3n) is 4.32. The zero-order valence-corrected chi connectivity index (χ0v) is 14.6. The van der Waals surface area contributed by atoms with Crippen LogP contribution in [0.3, 0.4) is 0 Å². The summed E-state index contributed by atoms with van der Waals surface area (Å²) in [5.41, 5.74) is 2.56. The number of benzene rings is 1. The summed E-state index contributed by atoms with van der Waals surface area (Å²) >= 11 is 0. The number of nitrogens with one attached hydrogen (secondary N) is 1. The van der Waals surface area contributed by atoms with Crippen molar-refractivity contribution in [3.63, 3.8) is 0 Å². The molecule has 1 amide bonds. The van der Waals surface area contributed by atoms with Crippen molar-refractivity contribution >= 4 is 36.4 Å². The molecule has 2 fully saturated rings. The predicted molar refractivity (Wildman–Crippen MR) is 95.5 cm³/mol. The van der Waals surface area contributed by atoms with Crippen molar-refractivity contribution in [2.45, 2.75) is 25.8 Å². The van der Waals surface area contributed by atoms with Crippen molar-refractivity contribution in [1.29, 1.82) is 0 Å². The number of aryl methyl sites for hydroxylation is 1. The Bertz CT molecular complexity index is 484. The maximum atomic E-state index is 12.3. The summed E-state index contributed by atoms with van der Waals surface area (Å²) in [4.78, 5) is 16.7. The van der Waals surface area contributed by atoms with Crippen molar-refractivity contribution in [3.8, 4) is 0 Å². The lowest BCUT2D eigenvalue weighted by molar-refractivity contribution is -0.133. The Morgan fingerprint density at radius 3 is 2.50 bits per heavy atom. The topological polar surface area (TPSA) is 35.6 Å². The molecule has 6 heteroatoms. The van der Waals surface area contributed by atoms with E-state index in [4.69, 9.17) is 0 Å². The third-order valence-corrected chi connectivity index (χ3v) is 4.32. The van der Waals surface area contributed by atoms with Gasteiger partial charge in [0.1, 0.15) is 0 Å². The molecule has 3 rings (SSSR count). The Balaban J connectivity index is 0.00000121. The molecule has 0 radical (unpaired) electrons. The summed E-state index contributed by atoms with van der Waals surface area (Å²) in [5.74, 6) is 0.298. The van der Waals surface area contributed by atoms with E-state index in [-0.39, 0.29) is 30.9 Å². The molecule has 0 saturated carbocycles. The van der Waals surface area contributed by atoms with Gasteiger partial charge in [0.15, 0.2) is 0 Å². The van der Waals surface area contributed by atoms with Crippen molar-refractivity contribution in [3.05, 3.63) is 29.8 Å². The van der Waals surface area contributed by atoms with Gasteiger partial charge in [-0.05, 0) is 44.0 Å². The first kappa shape index (κ1) is 19.1. The number of amides is 1. The monoisotopic (exact) mass is 345 g/mol. The number of nitrogens with zero attached hydrogens (tertiary/aromatic N) is 2. The van der Waals surface area contributed by atoms with Crippen LogP contribution in [0.5, 0.6) is 0 Å². The molecule has 22 heavy (non-hydrogen) atoms. The van der Waals surface area contributed by atoms with Crippen LogP contribution in [0.15, 0.2) is 24.3 Å². The molecule has 1 aromatic carbocycles. The minimum Gasteiger partial charge on any atom is -0.368 e. The molecule has 2 aliphatic rings. The first-order valence-electron chi connectivity index (χ1n) is 7.58. The molecule has 2 saturated heterocycles. The van der Waals surface area contributed by atoms with E-state index in [1.165, 1.54) is 11.3 Å². The van der Waals surface area contributed by atoms with Crippen molar-refractivity contribution in [2.75, 3.05) is 37.6 Å². The zero-order chi connectivity index (χ0) is 13.9. The highest BCUT2D eigenvalue weighted by atomic mass is 35.5. The fourth-order valence-electron chi connectivity index (χ4n) is 3.13. The molecule has 0 bridgehead atoms. The van der Waals surface area contributed by atoms with Gasteiger partial charge in [-0.2, -0.15) is 0 Å². The predicted octanol–water partition coefficient (Wildman–Crippen LogP) is 2.24. The minimum atomic E-state index is 0. The molecule has 0 aromatic heterocycles. The van der Waals surface area contributed by atoms with Gasteiger partial charge in [0, 0.05) is 31.9 Å². The van der Waals surface area contributed by atoms with Gasteiger partial charge in [-0.1, -0.05) is 12.1 Å². The fraction of sp³-hybridized carbons (Fsp3) is 0.562. The standard InChI is InChI=1S/C16H23N3O.2ClH/c1-13-4-2-5-14(12-13)18-8-10-19(11-9-18)16(20)15-6-3-7-17-15;;/h2,4-5,12,15,17H,3,6-11H2,1H3;2*1H/t15-;;/m0../s1. The van der Waals surface area contributed by atoms with Crippen molar-refractivity contribution in [2.24, 2.45) is 0 Å². The number of carbonyl (C=O) groups excluding carboxylic acids is 1. The molecule has 0 unspecified atom stereocenters. The zero-order valence-electron chi connectivity index (χ0n) is 13.0. The molecule has 1 aromatic rings. The Morgan fingerprint density at radius 2 is 1.91 bits per heavy atom. The second-order valence-corrected chi connectivity index (χ2v) is 5.80. The van der Waals surface area contributed by atoms with Crippen molar-refractivity contribution < 1.29 is 4.79 Å². The van der Waals surface area contributed by atoms with Crippen LogP contribution in [-0.4, -0.2) is 49.6 Å². The van der Waals surface area contributed by atoms with E-state index in [0.29, 0.717) is 5.91 Å². The van der Waals surface area contributed by atoms with E-state index < -0.39 is 0 Å². The highest BCUT2D eigenvalue weighted by Crippen LogP contribution is 2.18. The van der Waals surface area contributed by atoms with Gasteiger partial charge in [0.2, 0.25) is 5.91 Å². The first-order valence-corrected chi connectivity index (χ1v) is 7.58. The van der Waals surface area contributed by atoms with Gasteiger partial charge < -0.3 is 15.1 Å². The Morgan fingerprint density at radius 1 is 1.18 bits per heavy atom. The molecular formula is C16H25Cl2N3O. The number of anilines is 1. The van der Waals surface area contributed by atoms with Crippen LogP contribution >= 0.6 is 24.8 Å². The number of hydrogen-bond acceptors (Lipinski definition) is 3. The molecule has 1 atom stereocenters. The Kier molecular flexibility index (Phi) is 7.46. The summed E-state index contributed by atoms with van der Waals surface area (Å²) in [6.07, 6.45) is 2.12. The molecular weight excluding hydrogens is 321 g/mol. The molecule has 2 aliphatic heterocycles. The average molecular weight is 346 g/mol. The lowest BCUT2D eigenvalue weighted by Gasteiger charge is -2.37. The van der Waals surface area contributed by atoms with E-state index in [2.05, 4.69) is 41.4 Å². The number of carbonyl (C=O) groups is 1. The Labute approximate surface area is 145 Å². The molecule has 124 valence electrons. The first-order chi connectivity index (χ1) is 9.74. The fourth-order valence-corrected chi connectivity index (χ4v) is 3.13. The van der Waals surface area contributed by atoms with E-state index in [1.807, 2.05) is 4.90 Å². The summed E-state index contributed by atoms with van der Waals surface area (Å²) in [6, 6.07) is 8.67. The summed E-state index contributed by atoms with van der Waals surface area (Å²) < 4.78 is 0. The van der Waals surface area contributed by atoms with Crippen LogP contribution in [-0.2, 0) is 4.79 Å². The minimum absolute atomic E-state index is 0. The van der Waals surface area contributed by atoms with Gasteiger partial charge >= 0.3 is 0 Å². The van der Waals surface area contributed by atoms with E-state index in [0.717, 1.165) is 45.6 Å². The van der Waals surface area contributed by atoms with Crippen LogP contribution in [0.4, 0.5) is 5.69 Å². The average Bonchev–Trinajstić information content (AvgIpc) is 3.01. The maximum absolute atomic E-state index is 12.3. The quantitative estimate of drug-likeness (QED) is 0.892. The van der Waals surface area contributed by atoms with Gasteiger partial charge in [-0.15, -0.1) is 24.8 Å². The number of hydrogen-bond donors (Lipinski definition) is 1. The molecule has 0 aliphatic carbocycles. The van der Waals surface area contributed by atoms with E-state index >= 15 is 0 Å². The molecule has 4 nitrogen and oxygen atoms in total. The number of halogens is 2. The summed E-state index contributed by atoms with van der Waals surface area (Å²) in [5, 5.41) is 3.30. The van der Waals surface area contributed by atoms with Crippen LogP contribution in [0.1, 0.15) is 18.4 Å². The highest BCUT2D eigenvalue weighted by Gasteiger charge is 2.29. The second-order valence-electron chi connectivity index (χ2n) is 5.80. The third kappa shape index (κ3) is 4.28. The molecule has 0 spiro atoms. The maximum Gasteiger partial charge on any atom is 0.239 e. The van der Waals surface area contributed by atoms with Crippen LogP contribution < -0.4 is 10.2 Å². The lowest BCUT2D eigenvalue weighted by atomic mass is 10.1. The number of piperazine rings is 1. The van der Waals surface area contributed by atoms with Gasteiger partial charge in [-0.3, -0.25) is 4.79 Å². The Hall–Kier alpha value is -0.970. The normalized spacial score (nSPS) is 21.0. The molecule has 2 heterocycles.